The van der Waals surface area contributed by atoms with E-state index < -0.39 is 15.9 Å². The number of fused-ring (bicyclic) bond motifs is 1. The normalized spacial score (nSPS) is 11.6. The summed E-state index contributed by atoms with van der Waals surface area (Å²) in [5, 5.41) is 4.82. The Kier molecular flexibility index (Phi) is 5.74. The zero-order valence-electron chi connectivity index (χ0n) is 16.7. The number of rotatable bonds is 6. The summed E-state index contributed by atoms with van der Waals surface area (Å²) >= 11 is 7.67. The van der Waals surface area contributed by atoms with Crippen molar-refractivity contribution in [3.8, 4) is 0 Å². The van der Waals surface area contributed by atoms with Crippen LogP contribution < -0.4 is 10.0 Å². The van der Waals surface area contributed by atoms with Gasteiger partial charge in [-0.1, -0.05) is 17.7 Å². The van der Waals surface area contributed by atoms with E-state index in [0.29, 0.717) is 11.4 Å². The molecular weight excluding hydrogens is 456 g/mol. The lowest BCUT2D eigenvalue weighted by atomic mass is 10.1. The lowest BCUT2D eigenvalue weighted by Crippen LogP contribution is -2.24. The van der Waals surface area contributed by atoms with E-state index >= 15 is 0 Å². The molecule has 0 aliphatic heterocycles. The van der Waals surface area contributed by atoms with Crippen LogP contribution in [0.25, 0.3) is 4.96 Å². The number of nitrogens with zero attached hydrogens (tertiary/aromatic N) is 2. The van der Waals surface area contributed by atoms with Crippen molar-refractivity contribution >= 4 is 49.5 Å². The standard InChI is InChI=1S/C21H19ClN4O3S2/c1-13-3-4-15(9-14(13)2)25-31(28,29)17-5-6-19(22)18(10-17)20(27)23-11-16-12-26-7-8-30-21(26)24-16/h3-10,12,25H,11H2,1-2H3,(H,23,27). The highest BCUT2D eigenvalue weighted by Crippen LogP contribution is 2.24. The van der Waals surface area contributed by atoms with Crippen LogP contribution in [0.4, 0.5) is 5.69 Å². The topological polar surface area (TPSA) is 92.6 Å². The Labute approximate surface area is 188 Å². The minimum atomic E-state index is -3.90. The number of hydrogen-bond acceptors (Lipinski definition) is 5. The third kappa shape index (κ3) is 4.58. The summed E-state index contributed by atoms with van der Waals surface area (Å²) in [4.78, 5) is 17.8. The van der Waals surface area contributed by atoms with Gasteiger partial charge in [0, 0.05) is 23.5 Å². The van der Waals surface area contributed by atoms with Gasteiger partial charge in [0.25, 0.3) is 15.9 Å². The summed E-state index contributed by atoms with van der Waals surface area (Å²) in [6.07, 6.45) is 3.70. The second kappa shape index (κ2) is 8.33. The predicted octanol–water partition coefficient (Wildman–Crippen LogP) is 4.40. The molecule has 0 saturated heterocycles. The van der Waals surface area contributed by atoms with E-state index in [1.165, 1.54) is 29.5 Å². The smallest absolute Gasteiger partial charge is 0.261 e. The number of imidazole rings is 1. The van der Waals surface area contributed by atoms with Crippen molar-refractivity contribution in [2.24, 2.45) is 0 Å². The molecule has 2 N–H and O–H groups in total. The Balaban J connectivity index is 1.52. The highest BCUT2D eigenvalue weighted by molar-refractivity contribution is 7.92. The molecule has 0 aliphatic carbocycles. The van der Waals surface area contributed by atoms with Gasteiger partial charge in [-0.2, -0.15) is 0 Å². The molecule has 0 saturated carbocycles. The van der Waals surface area contributed by atoms with Crippen LogP contribution in [0.5, 0.6) is 0 Å². The van der Waals surface area contributed by atoms with Crippen molar-refractivity contribution in [1.29, 1.82) is 0 Å². The first-order valence-electron chi connectivity index (χ1n) is 9.32. The average molecular weight is 475 g/mol. The average Bonchev–Trinajstić information content (AvgIpc) is 3.31. The molecule has 7 nitrogen and oxygen atoms in total. The largest absolute Gasteiger partial charge is 0.346 e. The van der Waals surface area contributed by atoms with Crippen molar-refractivity contribution < 1.29 is 13.2 Å². The van der Waals surface area contributed by atoms with Crippen molar-refractivity contribution in [3.05, 3.63) is 81.6 Å². The van der Waals surface area contributed by atoms with Crippen LogP contribution >= 0.6 is 22.9 Å². The molecule has 31 heavy (non-hydrogen) atoms. The fraction of sp³-hybridized carbons (Fsp3) is 0.143. The first kappa shape index (κ1) is 21.4. The molecule has 2 heterocycles. The van der Waals surface area contributed by atoms with Gasteiger partial charge in [-0.15, -0.1) is 11.3 Å². The van der Waals surface area contributed by atoms with E-state index in [4.69, 9.17) is 11.6 Å². The first-order valence-corrected chi connectivity index (χ1v) is 12.1. The monoisotopic (exact) mass is 474 g/mol. The second-order valence-corrected chi connectivity index (χ2v) is 10.0. The Hall–Kier alpha value is -2.88. The first-order chi connectivity index (χ1) is 14.7. The Morgan fingerprint density at radius 1 is 1.16 bits per heavy atom. The number of anilines is 1. The molecule has 0 radical (unpaired) electrons. The number of halogens is 1. The number of aromatic nitrogens is 2. The number of thiazole rings is 1. The third-order valence-electron chi connectivity index (χ3n) is 4.83. The number of amides is 1. The van der Waals surface area contributed by atoms with Crippen LogP contribution in [-0.2, 0) is 16.6 Å². The van der Waals surface area contributed by atoms with Gasteiger partial charge in [0.05, 0.1) is 27.7 Å². The van der Waals surface area contributed by atoms with Gasteiger partial charge in [-0.3, -0.25) is 13.9 Å². The van der Waals surface area contributed by atoms with Gasteiger partial charge in [0.1, 0.15) is 0 Å². The Morgan fingerprint density at radius 3 is 2.71 bits per heavy atom. The second-order valence-electron chi connectivity index (χ2n) is 7.05. The number of hydrogen-bond donors (Lipinski definition) is 2. The van der Waals surface area contributed by atoms with Crippen LogP contribution in [0.3, 0.4) is 0 Å². The van der Waals surface area contributed by atoms with Gasteiger partial charge in [-0.25, -0.2) is 13.4 Å². The van der Waals surface area contributed by atoms with E-state index in [1.807, 2.05) is 42.1 Å². The molecule has 160 valence electrons. The minimum absolute atomic E-state index is 0.0530. The van der Waals surface area contributed by atoms with E-state index in [-0.39, 0.29) is 22.0 Å². The number of aryl methyl sites for hydroxylation is 2. The summed E-state index contributed by atoms with van der Waals surface area (Å²) in [7, 11) is -3.90. The van der Waals surface area contributed by atoms with Crippen molar-refractivity contribution in [2.45, 2.75) is 25.3 Å². The molecule has 1 amide bonds. The molecule has 10 heteroatoms. The number of nitrogens with one attached hydrogen (secondary N) is 2. The van der Waals surface area contributed by atoms with E-state index in [1.54, 1.807) is 12.1 Å². The van der Waals surface area contributed by atoms with Gasteiger partial charge < -0.3 is 5.32 Å². The van der Waals surface area contributed by atoms with Gasteiger partial charge in [-0.05, 0) is 55.3 Å². The molecular formula is C21H19ClN4O3S2. The molecule has 2 aromatic carbocycles. The molecule has 0 unspecified atom stereocenters. The fourth-order valence-electron chi connectivity index (χ4n) is 2.99. The number of carbonyl (C=O) groups excluding carboxylic acids is 1. The van der Waals surface area contributed by atoms with E-state index in [2.05, 4.69) is 15.0 Å². The molecule has 4 aromatic rings. The minimum Gasteiger partial charge on any atom is -0.346 e. The summed E-state index contributed by atoms with van der Waals surface area (Å²) in [6, 6.07) is 9.33. The Morgan fingerprint density at radius 2 is 1.97 bits per heavy atom. The van der Waals surface area contributed by atoms with E-state index in [0.717, 1.165) is 16.1 Å². The van der Waals surface area contributed by atoms with Crippen LogP contribution in [0.15, 0.2) is 59.1 Å². The highest BCUT2D eigenvalue weighted by atomic mass is 35.5. The van der Waals surface area contributed by atoms with Crippen molar-refractivity contribution in [2.75, 3.05) is 4.72 Å². The lowest BCUT2D eigenvalue weighted by Gasteiger charge is -2.12. The predicted molar refractivity (Wildman–Crippen MR) is 122 cm³/mol. The van der Waals surface area contributed by atoms with Crippen LogP contribution in [0, 0.1) is 13.8 Å². The van der Waals surface area contributed by atoms with Gasteiger partial charge in [0.2, 0.25) is 0 Å². The van der Waals surface area contributed by atoms with Crippen molar-refractivity contribution in [1.82, 2.24) is 14.7 Å². The van der Waals surface area contributed by atoms with Crippen LogP contribution in [-0.4, -0.2) is 23.7 Å². The number of sulfonamides is 1. The molecule has 0 spiro atoms. The zero-order chi connectivity index (χ0) is 22.2. The summed E-state index contributed by atoms with van der Waals surface area (Å²) < 4.78 is 30.1. The maximum Gasteiger partial charge on any atom is 0.261 e. The quantitative estimate of drug-likeness (QED) is 0.433. The molecule has 0 bridgehead atoms. The van der Waals surface area contributed by atoms with Gasteiger partial charge in [0.15, 0.2) is 4.96 Å². The fourth-order valence-corrected chi connectivity index (χ4v) is 4.99. The number of benzene rings is 2. The third-order valence-corrected chi connectivity index (χ3v) is 7.30. The van der Waals surface area contributed by atoms with Crippen molar-refractivity contribution in [3.63, 3.8) is 0 Å². The van der Waals surface area contributed by atoms with Gasteiger partial charge >= 0.3 is 0 Å². The molecule has 0 fully saturated rings. The summed E-state index contributed by atoms with van der Waals surface area (Å²) in [6.45, 7) is 4.05. The van der Waals surface area contributed by atoms with E-state index in [9.17, 15) is 13.2 Å². The highest BCUT2D eigenvalue weighted by Gasteiger charge is 2.19. The zero-order valence-corrected chi connectivity index (χ0v) is 19.1. The SMILES string of the molecule is Cc1ccc(NS(=O)(=O)c2ccc(Cl)c(C(=O)NCc3cn4ccsc4n3)c2)cc1C. The number of carbonyl (C=O) groups is 1. The maximum absolute atomic E-state index is 12.8. The van der Waals surface area contributed by atoms with Crippen LogP contribution in [0.1, 0.15) is 27.2 Å². The molecule has 0 aliphatic rings. The molecule has 0 atom stereocenters. The lowest BCUT2D eigenvalue weighted by molar-refractivity contribution is 0.0950. The van der Waals surface area contributed by atoms with Crippen LogP contribution in [0.2, 0.25) is 5.02 Å². The molecule has 2 aromatic heterocycles. The maximum atomic E-state index is 12.8. The summed E-state index contributed by atoms with van der Waals surface area (Å²) in [5.74, 6) is -0.482. The Bertz CT molecular complexity index is 1360. The molecule has 4 rings (SSSR count). The summed E-state index contributed by atoms with van der Waals surface area (Å²) in [5.41, 5.74) is 3.24.